The maximum Gasteiger partial charge on any atom is 0.341 e. The minimum atomic E-state index is -0.624. The molecule has 1 fully saturated rings. The van der Waals surface area contributed by atoms with Gasteiger partial charge < -0.3 is 14.1 Å². The number of nitro groups is 1. The molecule has 0 aliphatic carbocycles. The first-order valence-corrected chi connectivity index (χ1v) is 8.98. The van der Waals surface area contributed by atoms with Crippen LogP contribution in [0.15, 0.2) is 22.6 Å². The molecule has 0 atom stereocenters. The third-order valence-electron chi connectivity index (χ3n) is 4.93. The van der Waals surface area contributed by atoms with Crippen molar-refractivity contribution in [2.45, 2.75) is 40.2 Å². The molecule has 0 N–H and O–H groups in total. The number of anilines is 1. The fraction of sp³-hybridized carbons (Fsp3) is 0.474. The second kappa shape index (κ2) is 7.77. The number of carbonyl (C=O) groups excluding carboxylic acids is 1. The molecule has 0 saturated carbocycles. The van der Waals surface area contributed by atoms with E-state index < -0.39 is 10.9 Å². The summed E-state index contributed by atoms with van der Waals surface area (Å²) in [5, 5.41) is 11.1. The number of ether oxygens (including phenoxy) is 1. The highest BCUT2D eigenvalue weighted by molar-refractivity contribution is 5.96. The van der Waals surface area contributed by atoms with Crippen molar-refractivity contribution in [3.8, 4) is 0 Å². The summed E-state index contributed by atoms with van der Waals surface area (Å²) in [4.78, 5) is 29.6. The molecule has 8 nitrogen and oxygen atoms in total. The van der Waals surface area contributed by atoms with Crippen molar-refractivity contribution in [1.29, 1.82) is 0 Å². The minimum absolute atomic E-state index is 0.118. The summed E-state index contributed by atoms with van der Waals surface area (Å²) in [6.45, 7) is 7.27. The van der Waals surface area contributed by atoms with E-state index in [4.69, 9.17) is 9.15 Å². The zero-order valence-corrected chi connectivity index (χ0v) is 15.7. The minimum Gasteiger partial charge on any atom is -0.452 e. The zero-order valence-electron chi connectivity index (χ0n) is 15.7. The maximum absolute atomic E-state index is 12.7. The van der Waals surface area contributed by atoms with Gasteiger partial charge in [0.25, 0.3) is 5.69 Å². The van der Waals surface area contributed by atoms with Crippen LogP contribution in [0.3, 0.4) is 0 Å². The molecule has 2 aromatic rings. The number of esters is 1. The largest absolute Gasteiger partial charge is 0.452 e. The molecule has 2 heterocycles. The van der Waals surface area contributed by atoms with Crippen molar-refractivity contribution in [3.63, 3.8) is 0 Å². The summed E-state index contributed by atoms with van der Waals surface area (Å²) in [6.07, 6.45) is 2.03. The normalized spacial score (nSPS) is 15.0. The van der Waals surface area contributed by atoms with Gasteiger partial charge in [0, 0.05) is 25.2 Å². The Bertz CT molecular complexity index is 834. The number of nitrogens with zero attached hydrogens (tertiary/aromatic N) is 3. The fourth-order valence-corrected chi connectivity index (χ4v) is 3.13. The van der Waals surface area contributed by atoms with Gasteiger partial charge in [0.15, 0.2) is 6.61 Å². The van der Waals surface area contributed by atoms with Gasteiger partial charge in [-0.25, -0.2) is 9.78 Å². The van der Waals surface area contributed by atoms with Crippen molar-refractivity contribution in [2.75, 3.05) is 18.0 Å². The standard InChI is InChI=1S/C19H23N3O5/c1-12-6-8-21(9-7-12)17-5-4-15(22(24)25)10-16(17)19(23)26-11-18-20-13(2)14(3)27-18/h4-5,10,12H,6-9,11H2,1-3H3. The first-order valence-electron chi connectivity index (χ1n) is 8.98. The molecule has 1 saturated heterocycles. The van der Waals surface area contributed by atoms with Crippen LogP contribution in [0.25, 0.3) is 0 Å². The van der Waals surface area contributed by atoms with Crippen molar-refractivity contribution in [1.82, 2.24) is 4.98 Å². The molecule has 1 aromatic heterocycles. The van der Waals surface area contributed by atoms with E-state index in [0.717, 1.165) is 31.6 Å². The average molecular weight is 373 g/mol. The van der Waals surface area contributed by atoms with Gasteiger partial charge in [-0.05, 0) is 38.7 Å². The molecule has 0 spiro atoms. The Morgan fingerprint density at radius 1 is 1.37 bits per heavy atom. The predicted molar refractivity (Wildman–Crippen MR) is 98.8 cm³/mol. The number of non-ortho nitro benzene ring substituents is 1. The Balaban J connectivity index is 1.82. The molecule has 0 radical (unpaired) electrons. The lowest BCUT2D eigenvalue weighted by atomic mass is 9.98. The molecular weight excluding hydrogens is 350 g/mol. The topological polar surface area (TPSA) is 98.7 Å². The number of aryl methyl sites for hydroxylation is 2. The molecule has 0 unspecified atom stereocenters. The molecule has 1 aliphatic rings. The lowest BCUT2D eigenvalue weighted by Crippen LogP contribution is -2.34. The summed E-state index contributed by atoms with van der Waals surface area (Å²) in [6, 6.07) is 4.33. The van der Waals surface area contributed by atoms with E-state index in [1.165, 1.54) is 12.1 Å². The molecule has 3 rings (SSSR count). The summed E-state index contributed by atoms with van der Waals surface area (Å²) in [7, 11) is 0. The molecular formula is C19H23N3O5. The van der Waals surface area contributed by atoms with Gasteiger partial charge in [-0.2, -0.15) is 0 Å². The number of benzene rings is 1. The van der Waals surface area contributed by atoms with Gasteiger partial charge in [0.1, 0.15) is 5.76 Å². The third kappa shape index (κ3) is 4.27. The lowest BCUT2D eigenvalue weighted by molar-refractivity contribution is -0.384. The Labute approximate surface area is 157 Å². The van der Waals surface area contributed by atoms with E-state index in [2.05, 4.69) is 16.8 Å². The van der Waals surface area contributed by atoms with Gasteiger partial charge >= 0.3 is 5.97 Å². The van der Waals surface area contributed by atoms with Crippen LogP contribution in [-0.2, 0) is 11.3 Å². The first-order chi connectivity index (χ1) is 12.8. The first kappa shape index (κ1) is 18.9. The van der Waals surface area contributed by atoms with Gasteiger partial charge in [0.05, 0.1) is 21.9 Å². The number of nitro benzene ring substituents is 1. The van der Waals surface area contributed by atoms with Crippen LogP contribution in [0.5, 0.6) is 0 Å². The van der Waals surface area contributed by atoms with Crippen LogP contribution >= 0.6 is 0 Å². The molecule has 1 aromatic carbocycles. The van der Waals surface area contributed by atoms with E-state index >= 15 is 0 Å². The van der Waals surface area contributed by atoms with Gasteiger partial charge in [-0.1, -0.05) is 6.92 Å². The summed E-state index contributed by atoms with van der Waals surface area (Å²) < 4.78 is 10.7. The Hall–Kier alpha value is -2.90. The van der Waals surface area contributed by atoms with E-state index in [1.54, 1.807) is 19.9 Å². The average Bonchev–Trinajstić information content (AvgIpc) is 2.97. The van der Waals surface area contributed by atoms with E-state index in [-0.39, 0.29) is 17.9 Å². The monoisotopic (exact) mass is 373 g/mol. The molecule has 27 heavy (non-hydrogen) atoms. The highest BCUT2D eigenvalue weighted by atomic mass is 16.6. The van der Waals surface area contributed by atoms with Crippen LogP contribution in [-0.4, -0.2) is 29.0 Å². The molecule has 8 heteroatoms. The summed E-state index contributed by atoms with van der Waals surface area (Å²) >= 11 is 0. The lowest BCUT2D eigenvalue weighted by Gasteiger charge is -2.33. The molecule has 0 amide bonds. The van der Waals surface area contributed by atoms with Crippen molar-refractivity contribution in [3.05, 3.63) is 51.2 Å². The number of hydrogen-bond acceptors (Lipinski definition) is 7. The van der Waals surface area contributed by atoms with E-state index in [1.807, 2.05) is 0 Å². The predicted octanol–water partition coefficient (Wildman–Crippen LogP) is 3.79. The van der Waals surface area contributed by atoms with Crippen LogP contribution < -0.4 is 4.90 Å². The smallest absolute Gasteiger partial charge is 0.341 e. The molecule has 1 aliphatic heterocycles. The maximum atomic E-state index is 12.7. The second-order valence-electron chi connectivity index (χ2n) is 6.95. The van der Waals surface area contributed by atoms with Gasteiger partial charge in [-0.3, -0.25) is 10.1 Å². The van der Waals surface area contributed by atoms with E-state index in [9.17, 15) is 14.9 Å². The van der Waals surface area contributed by atoms with Gasteiger partial charge in [-0.15, -0.1) is 0 Å². The highest BCUT2D eigenvalue weighted by Crippen LogP contribution is 2.30. The van der Waals surface area contributed by atoms with Crippen LogP contribution in [0.4, 0.5) is 11.4 Å². The van der Waals surface area contributed by atoms with Gasteiger partial charge in [0.2, 0.25) is 5.89 Å². The van der Waals surface area contributed by atoms with Crippen molar-refractivity contribution < 1.29 is 18.9 Å². The highest BCUT2D eigenvalue weighted by Gasteiger charge is 2.24. The summed E-state index contributed by atoms with van der Waals surface area (Å²) in [5.41, 5.74) is 1.45. The molecule has 0 bridgehead atoms. The zero-order chi connectivity index (χ0) is 19.6. The van der Waals surface area contributed by atoms with Crippen molar-refractivity contribution >= 4 is 17.3 Å². The van der Waals surface area contributed by atoms with Crippen LogP contribution in [0, 0.1) is 29.9 Å². The SMILES string of the molecule is Cc1nc(COC(=O)c2cc([N+](=O)[O-])ccc2N2CCC(C)CC2)oc1C. The number of oxazole rings is 1. The molecule has 144 valence electrons. The Morgan fingerprint density at radius 3 is 2.67 bits per heavy atom. The van der Waals surface area contributed by atoms with E-state index in [0.29, 0.717) is 23.3 Å². The number of rotatable bonds is 5. The number of carbonyl (C=O) groups is 1. The second-order valence-corrected chi connectivity index (χ2v) is 6.95. The third-order valence-corrected chi connectivity index (χ3v) is 4.93. The fourth-order valence-electron chi connectivity index (χ4n) is 3.13. The Kier molecular flexibility index (Phi) is 5.43. The number of hydrogen-bond donors (Lipinski definition) is 0. The quantitative estimate of drug-likeness (QED) is 0.446. The van der Waals surface area contributed by atoms with Crippen LogP contribution in [0.1, 0.15) is 47.5 Å². The Morgan fingerprint density at radius 2 is 2.07 bits per heavy atom. The van der Waals surface area contributed by atoms with Crippen LogP contribution in [0.2, 0.25) is 0 Å². The number of piperidine rings is 1. The summed E-state index contributed by atoms with van der Waals surface area (Å²) in [5.74, 6) is 0.976. The number of aromatic nitrogens is 1. The van der Waals surface area contributed by atoms with Crippen molar-refractivity contribution in [2.24, 2.45) is 5.92 Å².